The molecule has 1 aromatic heterocycles. The molecule has 18 heteroatoms. The zero-order valence-electron chi connectivity index (χ0n) is 30.7. The molecule has 2 saturated heterocycles. The first-order chi connectivity index (χ1) is 25.5. The van der Waals surface area contributed by atoms with Crippen molar-refractivity contribution in [2.75, 3.05) is 83.9 Å². The lowest BCUT2D eigenvalue weighted by atomic mass is 10.2. The van der Waals surface area contributed by atoms with Crippen LogP contribution in [0.3, 0.4) is 0 Å². The number of carbonyl (C=O) groups is 5. The largest absolute Gasteiger partial charge is 0.464 e. The first-order valence-electron chi connectivity index (χ1n) is 17.8. The number of benzene rings is 1. The van der Waals surface area contributed by atoms with E-state index in [2.05, 4.69) is 10.3 Å². The summed E-state index contributed by atoms with van der Waals surface area (Å²) in [4.78, 5) is 80.2. The summed E-state index contributed by atoms with van der Waals surface area (Å²) >= 11 is 0. The van der Waals surface area contributed by atoms with Crippen LogP contribution in [0.15, 0.2) is 36.4 Å². The Morgan fingerprint density at radius 1 is 0.925 bits per heavy atom. The number of esters is 1. The highest BCUT2D eigenvalue weighted by molar-refractivity contribution is 7.75. The Kier molecular flexibility index (Phi) is 15.5. The van der Waals surface area contributed by atoms with Crippen molar-refractivity contribution in [3.05, 3.63) is 42.1 Å². The molecule has 0 aliphatic carbocycles. The molecular weight excluding hydrogens is 711 g/mol. The van der Waals surface area contributed by atoms with Gasteiger partial charge in [0.15, 0.2) is 12.4 Å². The third kappa shape index (κ3) is 11.4. The fourth-order valence-electron chi connectivity index (χ4n) is 5.70. The molecule has 0 spiro atoms. The summed E-state index contributed by atoms with van der Waals surface area (Å²) < 4.78 is 40.3. The Morgan fingerprint density at radius 3 is 2.26 bits per heavy atom. The van der Waals surface area contributed by atoms with Crippen LogP contribution in [0, 0.1) is 0 Å². The van der Waals surface area contributed by atoms with E-state index in [-0.39, 0.29) is 63.6 Å². The van der Waals surface area contributed by atoms with Crippen molar-refractivity contribution in [3.8, 4) is 11.4 Å². The van der Waals surface area contributed by atoms with Gasteiger partial charge in [0.1, 0.15) is 17.6 Å². The molecule has 4 rings (SSSR count). The predicted molar refractivity (Wildman–Crippen MR) is 193 cm³/mol. The number of methoxy groups -OCH3 is 1. The predicted octanol–water partition coefficient (Wildman–Crippen LogP) is 3.56. The molecule has 290 valence electrons. The standard InChI is InChI=1S/C35H49N6O11P/c1-5-8-20-51-34(45)40-18-16-39(17-19-40)33(44)28(24-53(47,35(46)50-7-3)52-23-30(42)49-6-2)37-32(43)27-21-29(41-15-14-26(22-41)48-4)38-31(36-27)25-12-10-9-11-13-25/h9-13,21,26,28H,5-8,14-20,22-24H2,1-4H3,(H,37,43)/t26-,28-,53?/m0/s1. The van der Waals surface area contributed by atoms with E-state index < -0.39 is 55.8 Å². The quantitative estimate of drug-likeness (QED) is 0.106. The van der Waals surface area contributed by atoms with Crippen LogP contribution < -0.4 is 10.2 Å². The number of unbranched alkanes of at least 4 members (excludes halogenated alkanes) is 1. The van der Waals surface area contributed by atoms with Gasteiger partial charge in [0.25, 0.3) is 5.91 Å². The van der Waals surface area contributed by atoms with Crippen molar-refractivity contribution in [2.45, 2.75) is 52.2 Å². The fourth-order valence-corrected chi connectivity index (χ4v) is 7.43. The Labute approximate surface area is 309 Å². The average Bonchev–Trinajstić information content (AvgIpc) is 3.67. The van der Waals surface area contributed by atoms with Crippen LogP contribution in [0.5, 0.6) is 0 Å². The Hall–Kier alpha value is -4.60. The van der Waals surface area contributed by atoms with Crippen molar-refractivity contribution in [2.24, 2.45) is 0 Å². The molecular formula is C35H49N6O11P. The minimum absolute atomic E-state index is 0.0106. The van der Waals surface area contributed by atoms with Crippen molar-refractivity contribution < 1.29 is 52.0 Å². The molecule has 3 atom stereocenters. The first-order valence-corrected chi connectivity index (χ1v) is 19.6. The highest BCUT2D eigenvalue weighted by Crippen LogP contribution is 2.49. The van der Waals surface area contributed by atoms with Gasteiger partial charge in [-0.25, -0.2) is 24.4 Å². The molecule has 53 heavy (non-hydrogen) atoms. The average molecular weight is 761 g/mol. The maximum absolute atomic E-state index is 14.2. The van der Waals surface area contributed by atoms with Gasteiger partial charge in [-0.1, -0.05) is 43.7 Å². The number of anilines is 1. The van der Waals surface area contributed by atoms with Crippen LogP contribution >= 0.6 is 7.37 Å². The lowest BCUT2D eigenvalue weighted by molar-refractivity contribution is -0.145. The molecule has 0 bridgehead atoms. The number of rotatable bonds is 17. The number of hydrogen-bond acceptors (Lipinski definition) is 14. The maximum atomic E-state index is 14.2. The van der Waals surface area contributed by atoms with Crippen LogP contribution in [-0.2, 0) is 37.6 Å². The van der Waals surface area contributed by atoms with E-state index >= 15 is 0 Å². The minimum Gasteiger partial charge on any atom is -0.464 e. The third-order valence-corrected chi connectivity index (χ3v) is 10.7. The zero-order valence-corrected chi connectivity index (χ0v) is 31.6. The number of carbonyl (C=O) groups excluding carboxylic acids is 5. The molecule has 1 aromatic carbocycles. The van der Waals surface area contributed by atoms with Crippen LogP contribution in [-0.4, -0.2) is 140 Å². The van der Waals surface area contributed by atoms with Crippen LogP contribution in [0.1, 0.15) is 50.5 Å². The number of amides is 3. The summed E-state index contributed by atoms with van der Waals surface area (Å²) in [7, 11) is -2.99. The Balaban J connectivity index is 1.65. The molecule has 1 unspecified atom stereocenters. The van der Waals surface area contributed by atoms with Gasteiger partial charge in [0.2, 0.25) is 5.91 Å². The van der Waals surface area contributed by atoms with Gasteiger partial charge in [-0.2, -0.15) is 0 Å². The third-order valence-electron chi connectivity index (χ3n) is 8.62. The van der Waals surface area contributed by atoms with Crippen LogP contribution in [0.2, 0.25) is 0 Å². The van der Waals surface area contributed by atoms with Crippen molar-refractivity contribution >= 4 is 42.8 Å². The van der Waals surface area contributed by atoms with E-state index in [9.17, 15) is 28.5 Å². The number of nitrogens with zero attached hydrogens (tertiary/aromatic N) is 5. The summed E-state index contributed by atoms with van der Waals surface area (Å²) in [5.74, 6) is -1.67. The Bertz CT molecular complexity index is 1620. The molecule has 2 aromatic rings. The molecule has 2 fully saturated rings. The molecule has 2 aliphatic heterocycles. The maximum Gasteiger partial charge on any atom is 0.409 e. The van der Waals surface area contributed by atoms with Gasteiger partial charge in [0.05, 0.1) is 32.1 Å². The Morgan fingerprint density at radius 2 is 1.62 bits per heavy atom. The first kappa shape index (κ1) is 41.2. The second kappa shape index (κ2) is 20.0. The number of nitrogens with one attached hydrogen (secondary N) is 1. The number of hydrogen-bond donors (Lipinski definition) is 1. The highest BCUT2D eigenvalue weighted by atomic mass is 31.2. The van der Waals surface area contributed by atoms with E-state index in [0.29, 0.717) is 24.5 Å². The van der Waals surface area contributed by atoms with Crippen LogP contribution in [0.4, 0.5) is 15.4 Å². The minimum atomic E-state index is -4.62. The summed E-state index contributed by atoms with van der Waals surface area (Å²) in [6.45, 7) is 5.86. The smallest absolute Gasteiger partial charge is 0.409 e. The summed E-state index contributed by atoms with van der Waals surface area (Å²) in [6.07, 6.45) is 0.959. The van der Waals surface area contributed by atoms with Crippen LogP contribution in [0.25, 0.3) is 11.4 Å². The molecule has 0 saturated carbocycles. The van der Waals surface area contributed by atoms with Crippen molar-refractivity contribution in [3.63, 3.8) is 0 Å². The second-order valence-electron chi connectivity index (χ2n) is 12.3. The lowest BCUT2D eigenvalue weighted by Gasteiger charge is -2.36. The van der Waals surface area contributed by atoms with E-state index in [1.54, 1.807) is 26.2 Å². The van der Waals surface area contributed by atoms with Crippen molar-refractivity contribution in [1.82, 2.24) is 25.1 Å². The topological polar surface area (TPSA) is 196 Å². The second-order valence-corrected chi connectivity index (χ2v) is 14.7. The summed E-state index contributed by atoms with van der Waals surface area (Å²) in [5.41, 5.74) is -0.720. The normalized spacial score (nSPS) is 17.4. The highest BCUT2D eigenvalue weighted by Gasteiger charge is 2.43. The van der Waals surface area contributed by atoms with Gasteiger partial charge < -0.3 is 43.5 Å². The lowest BCUT2D eigenvalue weighted by Crippen LogP contribution is -2.57. The number of aromatic nitrogens is 2. The van der Waals surface area contributed by atoms with E-state index in [1.807, 2.05) is 30.0 Å². The van der Waals surface area contributed by atoms with E-state index in [0.717, 1.165) is 19.3 Å². The van der Waals surface area contributed by atoms with Crippen molar-refractivity contribution in [1.29, 1.82) is 0 Å². The van der Waals surface area contributed by atoms with Gasteiger partial charge >= 0.3 is 25.1 Å². The SMILES string of the molecule is CCCCOC(=O)N1CCN(C(=O)[C@H](CP(=O)(OCC(=O)OCC)C(=O)OCC)NC(=O)c2cc(N3CC[C@H](OC)C3)nc(-c3ccccc3)n2)CC1. The zero-order chi connectivity index (χ0) is 38.4. The van der Waals surface area contributed by atoms with E-state index in [1.165, 1.54) is 22.8 Å². The summed E-state index contributed by atoms with van der Waals surface area (Å²) in [6, 6.07) is 8.94. The molecule has 3 amide bonds. The van der Waals surface area contributed by atoms with Gasteiger partial charge in [-0.05, 0) is 26.7 Å². The van der Waals surface area contributed by atoms with Gasteiger partial charge in [-0.3, -0.25) is 14.2 Å². The number of ether oxygens (including phenoxy) is 4. The molecule has 0 radical (unpaired) electrons. The number of piperazine rings is 1. The molecule has 17 nitrogen and oxygen atoms in total. The fraction of sp³-hybridized carbons (Fsp3) is 0.571. The monoisotopic (exact) mass is 760 g/mol. The molecule has 2 aliphatic rings. The molecule has 3 heterocycles. The van der Waals surface area contributed by atoms with Gasteiger partial charge in [0, 0.05) is 58.0 Å². The van der Waals surface area contributed by atoms with E-state index in [4.69, 9.17) is 28.5 Å². The molecule has 1 N–H and O–H groups in total. The summed E-state index contributed by atoms with van der Waals surface area (Å²) in [5, 5.41) is 2.64. The van der Waals surface area contributed by atoms with Gasteiger partial charge in [-0.15, -0.1) is 0 Å².